The van der Waals surface area contributed by atoms with Crippen LogP contribution in [-0.2, 0) is 6.11 Å². The van der Waals surface area contributed by atoms with Crippen LogP contribution in [0.25, 0.3) is 0 Å². The largest absolute Gasteiger partial charge is 0.432 e. The van der Waals surface area contributed by atoms with Crippen LogP contribution in [0.5, 0.6) is 5.75 Å². The molecule has 0 amide bonds. The van der Waals surface area contributed by atoms with Crippen molar-refractivity contribution in [2.24, 2.45) is 11.8 Å². The van der Waals surface area contributed by atoms with Gasteiger partial charge < -0.3 is 4.74 Å². The monoisotopic (exact) mass is 502 g/mol. The molecule has 0 aliphatic heterocycles. The molecule has 1 nitrogen and oxygen atoms in total. The van der Waals surface area contributed by atoms with E-state index in [1.807, 2.05) is 6.92 Å². The standard InChI is InChI=1S/C27H29F7O/c1-14-3-7-16(8-4-14)18-11-12-21(25(31)23(18)29)35-27(33,34)22-20(28)13-19(24(30)26(22)32)17-9-5-15(2)6-10-17/h11-17H,3-10H2,1-2H3. The van der Waals surface area contributed by atoms with Gasteiger partial charge in [0.1, 0.15) is 11.4 Å². The van der Waals surface area contributed by atoms with Gasteiger partial charge in [0.2, 0.25) is 5.82 Å². The predicted molar refractivity (Wildman–Crippen MR) is 118 cm³/mol. The van der Waals surface area contributed by atoms with Gasteiger partial charge in [-0.3, -0.25) is 0 Å². The summed E-state index contributed by atoms with van der Waals surface area (Å²) in [5, 5.41) is 0. The number of rotatable bonds is 5. The Morgan fingerprint density at radius 1 is 0.657 bits per heavy atom. The van der Waals surface area contributed by atoms with Gasteiger partial charge in [-0.15, -0.1) is 0 Å². The van der Waals surface area contributed by atoms with Crippen LogP contribution in [0, 0.1) is 40.9 Å². The molecule has 0 unspecified atom stereocenters. The quantitative estimate of drug-likeness (QED) is 0.293. The number of hydrogen-bond acceptors (Lipinski definition) is 1. The lowest BCUT2D eigenvalue weighted by atomic mass is 9.79. The molecule has 2 aliphatic carbocycles. The summed E-state index contributed by atoms with van der Waals surface area (Å²) in [6.45, 7) is 4.08. The second kappa shape index (κ2) is 10.0. The second-order valence-electron chi connectivity index (χ2n) is 10.3. The van der Waals surface area contributed by atoms with Crippen LogP contribution >= 0.6 is 0 Å². The van der Waals surface area contributed by atoms with Crippen molar-refractivity contribution in [3.8, 4) is 5.75 Å². The zero-order chi connectivity index (χ0) is 25.5. The van der Waals surface area contributed by atoms with Gasteiger partial charge in [-0.05, 0) is 72.6 Å². The van der Waals surface area contributed by atoms with Gasteiger partial charge in [0.05, 0.1) is 0 Å². The maximum atomic E-state index is 14.8. The molecule has 0 N–H and O–H groups in total. The second-order valence-corrected chi connectivity index (χ2v) is 10.3. The molecule has 2 fully saturated rings. The Kier molecular flexibility index (Phi) is 7.39. The third-order valence-corrected chi connectivity index (χ3v) is 7.70. The van der Waals surface area contributed by atoms with Crippen LogP contribution < -0.4 is 4.74 Å². The first-order chi connectivity index (χ1) is 16.5. The van der Waals surface area contributed by atoms with Gasteiger partial charge >= 0.3 is 6.11 Å². The molecule has 0 radical (unpaired) electrons. The molecule has 8 heteroatoms. The van der Waals surface area contributed by atoms with Crippen LogP contribution in [-0.4, -0.2) is 0 Å². The van der Waals surface area contributed by atoms with E-state index in [0.29, 0.717) is 43.6 Å². The van der Waals surface area contributed by atoms with E-state index >= 15 is 0 Å². The van der Waals surface area contributed by atoms with E-state index in [2.05, 4.69) is 11.7 Å². The van der Waals surface area contributed by atoms with Crippen molar-refractivity contribution in [2.75, 3.05) is 0 Å². The van der Waals surface area contributed by atoms with Crippen molar-refractivity contribution >= 4 is 0 Å². The summed E-state index contributed by atoms with van der Waals surface area (Å²) in [4.78, 5) is 0. The van der Waals surface area contributed by atoms with Crippen LogP contribution in [0.3, 0.4) is 0 Å². The fraction of sp³-hybridized carbons (Fsp3) is 0.556. The van der Waals surface area contributed by atoms with Gasteiger partial charge in [-0.25, -0.2) is 17.6 Å². The van der Waals surface area contributed by atoms with Crippen LogP contribution in [0.4, 0.5) is 30.7 Å². The molecule has 0 bridgehead atoms. The van der Waals surface area contributed by atoms with Crippen LogP contribution in [0.1, 0.15) is 93.7 Å². The summed E-state index contributed by atoms with van der Waals surface area (Å²) < 4.78 is 107. The molecule has 2 aliphatic rings. The Morgan fingerprint density at radius 2 is 1.14 bits per heavy atom. The van der Waals surface area contributed by atoms with Gasteiger partial charge in [-0.2, -0.15) is 13.2 Å². The summed E-state index contributed by atoms with van der Waals surface area (Å²) in [6.07, 6.45) is 0.601. The molecule has 0 atom stereocenters. The fourth-order valence-corrected chi connectivity index (χ4v) is 5.45. The third kappa shape index (κ3) is 5.17. The van der Waals surface area contributed by atoms with Crippen LogP contribution in [0.2, 0.25) is 0 Å². The van der Waals surface area contributed by atoms with E-state index in [4.69, 9.17) is 0 Å². The van der Waals surface area contributed by atoms with Crippen molar-refractivity contribution in [3.63, 3.8) is 0 Å². The number of halogens is 7. The summed E-state index contributed by atoms with van der Waals surface area (Å²) in [5.41, 5.74) is -2.21. The fourth-order valence-electron chi connectivity index (χ4n) is 5.45. The minimum atomic E-state index is -4.77. The summed E-state index contributed by atoms with van der Waals surface area (Å²) >= 11 is 0. The molecule has 0 heterocycles. The third-order valence-electron chi connectivity index (χ3n) is 7.70. The van der Waals surface area contributed by atoms with E-state index in [9.17, 15) is 30.7 Å². The highest BCUT2D eigenvalue weighted by Crippen LogP contribution is 2.43. The summed E-state index contributed by atoms with van der Waals surface area (Å²) in [6, 6.07) is 2.55. The highest BCUT2D eigenvalue weighted by molar-refractivity contribution is 5.36. The van der Waals surface area contributed by atoms with E-state index in [-0.39, 0.29) is 17.0 Å². The zero-order valence-corrected chi connectivity index (χ0v) is 19.8. The van der Waals surface area contributed by atoms with Gasteiger partial charge in [0, 0.05) is 0 Å². The molecular weight excluding hydrogens is 473 g/mol. The maximum absolute atomic E-state index is 14.8. The Bertz CT molecular complexity index is 1070. The molecule has 2 aromatic carbocycles. The van der Waals surface area contributed by atoms with Crippen molar-refractivity contribution in [2.45, 2.75) is 83.2 Å². The Balaban J connectivity index is 1.60. The van der Waals surface area contributed by atoms with Crippen molar-refractivity contribution in [3.05, 3.63) is 64.0 Å². The van der Waals surface area contributed by atoms with E-state index < -0.39 is 52.4 Å². The topological polar surface area (TPSA) is 9.23 Å². The average molecular weight is 503 g/mol. The van der Waals surface area contributed by atoms with Gasteiger partial charge in [-0.1, -0.05) is 45.6 Å². The highest BCUT2D eigenvalue weighted by Gasteiger charge is 2.44. The summed E-state index contributed by atoms with van der Waals surface area (Å²) in [7, 11) is 0. The molecule has 4 rings (SSSR count). The lowest BCUT2D eigenvalue weighted by Gasteiger charge is -2.28. The molecule has 2 aromatic rings. The molecule has 0 spiro atoms. The number of alkyl halides is 2. The minimum Gasteiger partial charge on any atom is -0.425 e. The van der Waals surface area contributed by atoms with E-state index in [1.165, 1.54) is 0 Å². The molecule has 2 saturated carbocycles. The Labute approximate surface area is 200 Å². The normalized spacial score (nSPS) is 25.5. The summed E-state index contributed by atoms with van der Waals surface area (Å²) in [5.74, 6) is -9.43. The first-order valence-electron chi connectivity index (χ1n) is 12.2. The van der Waals surface area contributed by atoms with Crippen LogP contribution in [0.15, 0.2) is 18.2 Å². The zero-order valence-electron chi connectivity index (χ0n) is 19.8. The first-order valence-corrected chi connectivity index (χ1v) is 12.2. The lowest BCUT2D eigenvalue weighted by Crippen LogP contribution is -2.27. The van der Waals surface area contributed by atoms with Crippen molar-refractivity contribution in [1.29, 1.82) is 0 Å². The van der Waals surface area contributed by atoms with Gasteiger partial charge in [0.25, 0.3) is 0 Å². The Morgan fingerprint density at radius 3 is 1.69 bits per heavy atom. The minimum absolute atomic E-state index is 0.0552. The van der Waals surface area contributed by atoms with Gasteiger partial charge in [0.15, 0.2) is 23.2 Å². The molecular formula is C27H29F7O. The predicted octanol–water partition coefficient (Wildman–Crippen LogP) is 9.10. The highest BCUT2D eigenvalue weighted by atomic mass is 19.3. The first kappa shape index (κ1) is 25.8. The Hall–Kier alpha value is -2.25. The SMILES string of the molecule is CC1CCC(c2ccc(OC(F)(F)c3c(F)cc(C4CCC(C)CC4)c(F)c3F)c(F)c2F)CC1. The van der Waals surface area contributed by atoms with Crippen molar-refractivity contribution < 1.29 is 35.5 Å². The lowest BCUT2D eigenvalue weighted by molar-refractivity contribution is -0.191. The molecule has 0 saturated heterocycles. The molecule has 192 valence electrons. The number of hydrogen-bond donors (Lipinski definition) is 0. The van der Waals surface area contributed by atoms with E-state index in [0.717, 1.165) is 37.8 Å². The average Bonchev–Trinajstić information content (AvgIpc) is 2.81. The number of ether oxygens (including phenoxy) is 1. The van der Waals surface area contributed by atoms with E-state index in [1.54, 1.807) is 0 Å². The smallest absolute Gasteiger partial charge is 0.425 e. The molecule has 35 heavy (non-hydrogen) atoms. The number of benzene rings is 2. The molecule has 0 aromatic heterocycles. The maximum Gasteiger partial charge on any atom is 0.432 e. The van der Waals surface area contributed by atoms with Crippen molar-refractivity contribution in [1.82, 2.24) is 0 Å².